The van der Waals surface area contributed by atoms with Crippen LogP contribution in [0.1, 0.15) is 46.7 Å². The van der Waals surface area contributed by atoms with Gasteiger partial charge >= 0.3 is 12.1 Å². The number of aryl methyl sites for hydroxylation is 1. The maximum atomic E-state index is 13.4. The summed E-state index contributed by atoms with van der Waals surface area (Å²) >= 11 is 6.26. The van der Waals surface area contributed by atoms with Crippen molar-refractivity contribution in [2.24, 2.45) is 0 Å². The van der Waals surface area contributed by atoms with Crippen LogP contribution in [-0.4, -0.2) is 23.0 Å². The topological polar surface area (TPSA) is 76.1 Å². The van der Waals surface area contributed by atoms with Crippen LogP contribution < -0.4 is 10.6 Å². The molecule has 3 aromatic rings. The van der Waals surface area contributed by atoms with E-state index in [2.05, 4.69) is 20.6 Å². The van der Waals surface area contributed by atoms with Crippen LogP contribution in [0.2, 0.25) is 5.02 Å². The summed E-state index contributed by atoms with van der Waals surface area (Å²) in [6.07, 6.45) is -4.55. The van der Waals surface area contributed by atoms with Gasteiger partial charge in [0, 0.05) is 12.1 Å². The molecule has 0 aliphatic heterocycles. The summed E-state index contributed by atoms with van der Waals surface area (Å²) in [4.78, 5) is 21.0. The highest BCUT2D eigenvalue weighted by Crippen LogP contribution is 2.35. The lowest BCUT2D eigenvalue weighted by molar-refractivity contribution is -0.140. The van der Waals surface area contributed by atoms with Crippen LogP contribution in [-0.2, 0) is 28.7 Å². The van der Waals surface area contributed by atoms with Crippen molar-refractivity contribution in [1.82, 2.24) is 9.97 Å². The summed E-state index contributed by atoms with van der Waals surface area (Å²) in [5, 5.41) is 6.96. The normalized spacial score (nSPS) is 12.2. The van der Waals surface area contributed by atoms with E-state index < -0.39 is 23.8 Å². The molecule has 0 aliphatic carbocycles. The van der Waals surface area contributed by atoms with Gasteiger partial charge in [0.15, 0.2) is 0 Å². The molecule has 3 rings (SSSR count). The van der Waals surface area contributed by atoms with Crippen molar-refractivity contribution in [2.75, 3.05) is 17.7 Å². The number of esters is 1. The molecule has 0 saturated heterocycles. The predicted molar refractivity (Wildman–Crippen MR) is 129 cm³/mol. The molecule has 1 atom stereocenters. The third-order valence-electron chi connectivity index (χ3n) is 5.57. The van der Waals surface area contributed by atoms with Crippen LogP contribution in [0.25, 0.3) is 0 Å². The molecule has 2 N–H and O–H groups in total. The van der Waals surface area contributed by atoms with Crippen LogP contribution in [0.5, 0.6) is 0 Å². The average molecular weight is 507 g/mol. The third kappa shape index (κ3) is 6.42. The Kier molecular flexibility index (Phi) is 8.22. The van der Waals surface area contributed by atoms with E-state index in [0.717, 1.165) is 6.07 Å². The second-order valence-electron chi connectivity index (χ2n) is 8.01. The van der Waals surface area contributed by atoms with Crippen LogP contribution in [0.15, 0.2) is 42.5 Å². The Morgan fingerprint density at radius 1 is 1.11 bits per heavy atom. The minimum atomic E-state index is -4.46. The predicted octanol–water partition coefficient (Wildman–Crippen LogP) is 6.27. The van der Waals surface area contributed by atoms with E-state index in [0.29, 0.717) is 39.2 Å². The van der Waals surface area contributed by atoms with Crippen molar-refractivity contribution in [3.05, 3.63) is 81.3 Å². The van der Waals surface area contributed by atoms with Gasteiger partial charge in [-0.05, 0) is 50.1 Å². The van der Waals surface area contributed by atoms with Crippen LogP contribution in [0, 0.1) is 13.8 Å². The number of halogens is 4. The lowest BCUT2D eigenvalue weighted by Crippen LogP contribution is -2.19. The summed E-state index contributed by atoms with van der Waals surface area (Å²) in [5.74, 6) is 0.330. The highest BCUT2D eigenvalue weighted by molar-refractivity contribution is 6.33. The Morgan fingerprint density at radius 3 is 2.49 bits per heavy atom. The number of nitrogens with one attached hydrogen (secondary N) is 2. The number of nitrogens with zero attached hydrogens (tertiary/aromatic N) is 2. The number of carbonyl (C=O) groups is 1. The number of hydrogen-bond acceptors (Lipinski definition) is 6. The fourth-order valence-electron chi connectivity index (χ4n) is 3.81. The largest absolute Gasteiger partial charge is 0.469 e. The summed E-state index contributed by atoms with van der Waals surface area (Å²) in [7, 11) is 1.29. The fraction of sp³-hybridized carbons (Fsp3) is 0.320. The zero-order valence-electron chi connectivity index (χ0n) is 19.8. The van der Waals surface area contributed by atoms with Crippen molar-refractivity contribution >= 4 is 29.1 Å². The SMILES string of the molecule is COC(=O)Cc1nc(C)nc(N[C@H](C)c2cccc(C(F)(F)F)c2C)c1CNc1ccccc1Cl. The molecule has 0 saturated carbocycles. The van der Waals surface area contributed by atoms with Gasteiger partial charge in [-0.25, -0.2) is 9.97 Å². The van der Waals surface area contributed by atoms with E-state index in [4.69, 9.17) is 16.3 Å². The minimum absolute atomic E-state index is 0.0922. The number of benzene rings is 2. The Labute approximate surface area is 206 Å². The van der Waals surface area contributed by atoms with Crippen LogP contribution in [0.4, 0.5) is 24.7 Å². The van der Waals surface area contributed by atoms with E-state index in [1.807, 2.05) is 6.07 Å². The molecular formula is C25H26ClF3N4O2. The first-order valence-electron chi connectivity index (χ1n) is 10.9. The average Bonchev–Trinajstić information content (AvgIpc) is 2.78. The Morgan fingerprint density at radius 2 is 1.83 bits per heavy atom. The smallest absolute Gasteiger partial charge is 0.416 e. The second kappa shape index (κ2) is 10.9. The first-order valence-corrected chi connectivity index (χ1v) is 11.2. The van der Waals surface area contributed by atoms with Crippen LogP contribution >= 0.6 is 11.6 Å². The standard InChI is InChI=1S/C25H26ClF3N4O2/c1-14-17(8-7-9-19(14)25(27,28)29)15(2)31-24-18(13-30-21-11-6-5-10-20(21)26)22(12-23(34)35-4)32-16(3)33-24/h5-11,15,30H,12-13H2,1-4H3,(H,31,32,33)/t15-/m1/s1. The number of rotatable bonds is 8. The van der Waals surface area contributed by atoms with E-state index >= 15 is 0 Å². The molecule has 0 bridgehead atoms. The van der Waals surface area contributed by atoms with Gasteiger partial charge in [-0.3, -0.25) is 4.79 Å². The zero-order chi connectivity index (χ0) is 25.8. The molecule has 10 heteroatoms. The number of methoxy groups -OCH3 is 1. The molecule has 0 spiro atoms. The molecule has 0 radical (unpaired) electrons. The van der Waals surface area contributed by atoms with Crippen LogP contribution in [0.3, 0.4) is 0 Å². The van der Waals surface area contributed by atoms with Gasteiger partial charge in [0.1, 0.15) is 11.6 Å². The van der Waals surface area contributed by atoms with Crippen molar-refractivity contribution in [2.45, 2.75) is 46.0 Å². The first-order chi connectivity index (χ1) is 16.5. The maximum Gasteiger partial charge on any atom is 0.416 e. The molecule has 0 unspecified atom stereocenters. The van der Waals surface area contributed by atoms with Gasteiger partial charge in [-0.1, -0.05) is 35.9 Å². The molecule has 6 nitrogen and oxygen atoms in total. The molecule has 186 valence electrons. The summed E-state index contributed by atoms with van der Waals surface area (Å²) < 4.78 is 45.1. The highest BCUT2D eigenvalue weighted by Gasteiger charge is 2.33. The van der Waals surface area contributed by atoms with Gasteiger partial charge < -0.3 is 15.4 Å². The fourth-order valence-corrected chi connectivity index (χ4v) is 4.02. The quantitative estimate of drug-likeness (QED) is 0.351. The zero-order valence-corrected chi connectivity index (χ0v) is 20.5. The highest BCUT2D eigenvalue weighted by atomic mass is 35.5. The number of para-hydroxylation sites is 1. The molecule has 0 aliphatic rings. The molecule has 0 fully saturated rings. The van der Waals surface area contributed by atoms with Crippen molar-refractivity contribution in [1.29, 1.82) is 0 Å². The summed E-state index contributed by atoms with van der Waals surface area (Å²) in [5.41, 5.74) is 1.63. The lowest BCUT2D eigenvalue weighted by Gasteiger charge is -2.23. The number of hydrogen-bond donors (Lipinski definition) is 2. The number of alkyl halides is 3. The second-order valence-corrected chi connectivity index (χ2v) is 8.42. The third-order valence-corrected chi connectivity index (χ3v) is 5.90. The monoisotopic (exact) mass is 506 g/mol. The Hall–Kier alpha value is -3.33. The van der Waals surface area contributed by atoms with Crippen molar-refractivity contribution in [3.8, 4) is 0 Å². The van der Waals surface area contributed by atoms with Gasteiger partial charge in [0.2, 0.25) is 0 Å². The van der Waals surface area contributed by atoms with Crippen molar-refractivity contribution in [3.63, 3.8) is 0 Å². The van der Waals surface area contributed by atoms with Gasteiger partial charge in [-0.2, -0.15) is 13.2 Å². The Balaban J connectivity index is 2.00. The molecule has 2 aromatic carbocycles. The number of ether oxygens (including phenoxy) is 1. The Bertz CT molecular complexity index is 1220. The molecule has 1 aromatic heterocycles. The molecule has 0 amide bonds. The first kappa shape index (κ1) is 26.3. The van der Waals surface area contributed by atoms with E-state index in [1.165, 1.54) is 20.1 Å². The lowest BCUT2D eigenvalue weighted by atomic mass is 9.97. The summed E-state index contributed by atoms with van der Waals surface area (Å²) in [6, 6.07) is 10.8. The number of anilines is 2. The number of aromatic nitrogens is 2. The number of carbonyl (C=O) groups excluding carboxylic acids is 1. The van der Waals surface area contributed by atoms with E-state index in [1.54, 1.807) is 38.1 Å². The van der Waals surface area contributed by atoms with Gasteiger partial charge in [0.05, 0.1) is 41.5 Å². The molecular weight excluding hydrogens is 481 g/mol. The maximum absolute atomic E-state index is 13.4. The van der Waals surface area contributed by atoms with Gasteiger partial charge in [0.25, 0.3) is 0 Å². The van der Waals surface area contributed by atoms with E-state index in [9.17, 15) is 18.0 Å². The summed E-state index contributed by atoms with van der Waals surface area (Å²) in [6.45, 7) is 5.10. The van der Waals surface area contributed by atoms with Gasteiger partial charge in [-0.15, -0.1) is 0 Å². The molecule has 35 heavy (non-hydrogen) atoms. The molecule has 1 heterocycles. The van der Waals surface area contributed by atoms with Crippen molar-refractivity contribution < 1.29 is 22.7 Å². The van der Waals surface area contributed by atoms with E-state index in [-0.39, 0.29) is 18.5 Å². The minimum Gasteiger partial charge on any atom is -0.469 e.